The van der Waals surface area contributed by atoms with Gasteiger partial charge in [-0.15, -0.1) is 5.10 Å². The van der Waals surface area contributed by atoms with Crippen molar-refractivity contribution in [2.75, 3.05) is 6.54 Å². The second-order valence-corrected chi connectivity index (χ2v) is 8.73. The number of hydrogen-bond donors (Lipinski definition) is 2. The van der Waals surface area contributed by atoms with Crippen LogP contribution in [0.15, 0.2) is 24.5 Å². The summed E-state index contributed by atoms with van der Waals surface area (Å²) < 4.78 is 1.49. The number of nitrogens with zero attached hydrogens (tertiary/aromatic N) is 5. The summed E-state index contributed by atoms with van der Waals surface area (Å²) in [4.78, 5) is 26.8. The Morgan fingerprint density at radius 1 is 1.34 bits per heavy atom. The van der Waals surface area contributed by atoms with Crippen molar-refractivity contribution in [1.29, 1.82) is 0 Å². The molecule has 1 aromatic heterocycles. The minimum Gasteiger partial charge on any atom is -0.383 e. The molecule has 0 spiro atoms. The van der Waals surface area contributed by atoms with Crippen molar-refractivity contribution in [3.05, 3.63) is 35.1 Å². The Morgan fingerprint density at radius 2 is 2.07 bits per heavy atom. The normalized spacial score (nSPS) is 18.7. The summed E-state index contributed by atoms with van der Waals surface area (Å²) in [5.74, 6) is -0.700. The van der Waals surface area contributed by atoms with Gasteiger partial charge in [-0.1, -0.05) is 32.4 Å². The molecule has 0 bridgehead atoms. The highest BCUT2D eigenvalue weighted by Gasteiger charge is 2.43. The first-order chi connectivity index (χ1) is 13.6. The molecule has 2 amide bonds. The van der Waals surface area contributed by atoms with E-state index < -0.39 is 29.5 Å². The van der Waals surface area contributed by atoms with Crippen LogP contribution < -0.4 is 5.32 Å². The number of halogens is 1. The van der Waals surface area contributed by atoms with Crippen molar-refractivity contribution in [2.45, 2.75) is 52.3 Å². The van der Waals surface area contributed by atoms with Gasteiger partial charge in [0.15, 0.2) is 0 Å². The number of carbonyl (C=O) groups excluding carboxylic acids is 2. The molecule has 1 aliphatic heterocycles. The number of aliphatic hydroxyl groups excluding tert-OH is 1. The van der Waals surface area contributed by atoms with Crippen LogP contribution in [0.1, 0.15) is 45.7 Å². The van der Waals surface area contributed by atoms with Crippen LogP contribution in [0.4, 0.5) is 0 Å². The zero-order chi connectivity index (χ0) is 21.3. The molecule has 2 N–H and O–H groups in total. The predicted octanol–water partition coefficient (Wildman–Crippen LogP) is 1.50. The fourth-order valence-electron chi connectivity index (χ4n) is 3.19. The lowest BCUT2D eigenvalue weighted by atomic mass is 9.86. The Kier molecular flexibility index (Phi) is 5.90. The van der Waals surface area contributed by atoms with E-state index in [2.05, 4.69) is 20.8 Å². The number of likely N-dealkylation sites (tertiary alicyclic amines) is 1. The molecule has 2 aromatic rings. The van der Waals surface area contributed by atoms with Gasteiger partial charge in [0.25, 0.3) is 5.91 Å². The van der Waals surface area contributed by atoms with Gasteiger partial charge in [-0.2, -0.15) is 0 Å². The first-order valence-electron chi connectivity index (χ1n) is 9.41. The molecule has 3 unspecified atom stereocenters. The van der Waals surface area contributed by atoms with Crippen LogP contribution in [-0.4, -0.2) is 60.7 Å². The summed E-state index contributed by atoms with van der Waals surface area (Å²) in [5, 5.41) is 24.9. The molecule has 2 heterocycles. The van der Waals surface area contributed by atoms with E-state index in [1.54, 1.807) is 39.0 Å². The maximum Gasteiger partial charge on any atom is 0.252 e. The highest BCUT2D eigenvalue weighted by molar-refractivity contribution is 6.30. The van der Waals surface area contributed by atoms with Crippen LogP contribution in [0.25, 0.3) is 5.69 Å². The number of carbonyl (C=O) groups is 2. The van der Waals surface area contributed by atoms with Gasteiger partial charge in [-0.25, -0.2) is 4.68 Å². The van der Waals surface area contributed by atoms with Gasteiger partial charge in [0.05, 0.1) is 11.7 Å². The Balaban J connectivity index is 1.73. The molecule has 0 radical (unpaired) electrons. The Morgan fingerprint density at radius 3 is 2.62 bits per heavy atom. The number of aromatic nitrogens is 4. The fourth-order valence-corrected chi connectivity index (χ4v) is 3.37. The van der Waals surface area contributed by atoms with Crippen LogP contribution >= 0.6 is 11.6 Å². The summed E-state index contributed by atoms with van der Waals surface area (Å²) in [6.07, 6.45) is 0.854. The minimum absolute atomic E-state index is 0.277. The third-order valence-corrected chi connectivity index (χ3v) is 5.31. The third-order valence-electron chi connectivity index (χ3n) is 5.07. The monoisotopic (exact) mass is 420 g/mol. The number of aliphatic hydroxyl groups is 1. The third kappa shape index (κ3) is 4.40. The maximum atomic E-state index is 12.8. The molecule has 1 aromatic carbocycles. The van der Waals surface area contributed by atoms with E-state index in [-0.39, 0.29) is 5.91 Å². The van der Waals surface area contributed by atoms with Crippen LogP contribution in [0.2, 0.25) is 5.02 Å². The molecular formula is C19H25ClN6O3. The molecule has 1 saturated heterocycles. The maximum absolute atomic E-state index is 12.8. The second kappa shape index (κ2) is 8.08. The van der Waals surface area contributed by atoms with E-state index >= 15 is 0 Å². The minimum atomic E-state index is -1.16. The van der Waals surface area contributed by atoms with E-state index in [0.29, 0.717) is 23.7 Å². The van der Waals surface area contributed by atoms with Crippen molar-refractivity contribution in [3.8, 4) is 5.69 Å². The smallest absolute Gasteiger partial charge is 0.252 e. The average molecular weight is 421 g/mol. The van der Waals surface area contributed by atoms with Gasteiger partial charge in [0.2, 0.25) is 5.91 Å². The highest BCUT2D eigenvalue weighted by Crippen LogP contribution is 2.28. The Labute approximate surface area is 174 Å². The molecule has 9 nitrogen and oxygen atoms in total. The fraction of sp³-hybridized carbons (Fsp3) is 0.526. The van der Waals surface area contributed by atoms with Crippen LogP contribution in [0, 0.1) is 5.41 Å². The van der Waals surface area contributed by atoms with Crippen molar-refractivity contribution >= 4 is 23.4 Å². The molecule has 0 saturated carbocycles. The summed E-state index contributed by atoms with van der Waals surface area (Å²) in [6.45, 7) is 7.63. The number of amides is 2. The molecule has 156 valence electrons. The van der Waals surface area contributed by atoms with Gasteiger partial charge in [-0.05, 0) is 47.4 Å². The molecule has 29 heavy (non-hydrogen) atoms. The van der Waals surface area contributed by atoms with Gasteiger partial charge < -0.3 is 15.3 Å². The van der Waals surface area contributed by atoms with E-state index in [1.807, 2.05) is 6.92 Å². The largest absolute Gasteiger partial charge is 0.383 e. The second-order valence-electron chi connectivity index (χ2n) is 8.29. The lowest BCUT2D eigenvalue weighted by Crippen LogP contribution is -2.61. The van der Waals surface area contributed by atoms with E-state index in [1.165, 1.54) is 15.9 Å². The SMILES string of the molecule is CC(NC(=O)C1CCN1C(=O)C(O)C(C)(C)C)c1cc(Cl)ccc1-n1cnnn1. The van der Waals surface area contributed by atoms with Crippen LogP contribution in [0.5, 0.6) is 0 Å². The quantitative estimate of drug-likeness (QED) is 0.757. The summed E-state index contributed by atoms with van der Waals surface area (Å²) in [6, 6.07) is 4.24. The zero-order valence-electron chi connectivity index (χ0n) is 16.8. The van der Waals surface area contributed by atoms with Crippen molar-refractivity contribution in [1.82, 2.24) is 30.4 Å². The molecule has 0 aliphatic carbocycles. The van der Waals surface area contributed by atoms with Crippen LogP contribution in [-0.2, 0) is 9.59 Å². The Hall–Kier alpha value is -2.52. The first-order valence-corrected chi connectivity index (χ1v) is 9.79. The first kappa shape index (κ1) is 21.2. The van der Waals surface area contributed by atoms with E-state index in [9.17, 15) is 14.7 Å². The molecule has 3 rings (SSSR count). The van der Waals surface area contributed by atoms with E-state index in [4.69, 9.17) is 11.6 Å². The number of rotatable bonds is 5. The number of nitrogens with one attached hydrogen (secondary N) is 1. The standard InChI is InChI=1S/C19H25ClN6O3/c1-11(13-9-12(20)5-6-14(13)26-10-21-23-24-26)22-17(28)15-7-8-25(15)18(29)16(27)19(2,3)4/h5-6,9-11,15-16,27H,7-8H2,1-4H3,(H,22,28). The van der Waals surface area contributed by atoms with Crippen molar-refractivity contribution < 1.29 is 14.7 Å². The van der Waals surface area contributed by atoms with Gasteiger partial charge >= 0.3 is 0 Å². The molecule has 1 aliphatic rings. The average Bonchev–Trinajstić information content (AvgIpc) is 3.13. The van der Waals surface area contributed by atoms with Crippen LogP contribution in [0.3, 0.4) is 0 Å². The topological polar surface area (TPSA) is 113 Å². The molecule has 3 atom stereocenters. The van der Waals surface area contributed by atoms with Crippen molar-refractivity contribution in [3.63, 3.8) is 0 Å². The zero-order valence-corrected chi connectivity index (χ0v) is 17.6. The van der Waals surface area contributed by atoms with Gasteiger partial charge in [0.1, 0.15) is 18.5 Å². The molecule has 10 heteroatoms. The van der Waals surface area contributed by atoms with Crippen molar-refractivity contribution in [2.24, 2.45) is 5.41 Å². The van der Waals surface area contributed by atoms with E-state index in [0.717, 1.165) is 5.56 Å². The summed E-state index contributed by atoms with van der Waals surface area (Å²) in [7, 11) is 0. The highest BCUT2D eigenvalue weighted by atomic mass is 35.5. The van der Waals surface area contributed by atoms with Gasteiger partial charge in [-0.3, -0.25) is 9.59 Å². The Bertz CT molecular complexity index is 896. The number of benzene rings is 1. The number of tetrazole rings is 1. The number of hydrogen-bond acceptors (Lipinski definition) is 6. The molecule has 1 fully saturated rings. The summed E-state index contributed by atoms with van der Waals surface area (Å²) >= 11 is 6.15. The summed E-state index contributed by atoms with van der Waals surface area (Å²) in [5.41, 5.74) is 0.838. The lowest BCUT2D eigenvalue weighted by Gasteiger charge is -2.43. The predicted molar refractivity (Wildman–Crippen MR) is 106 cm³/mol. The molecular weight excluding hydrogens is 396 g/mol. The van der Waals surface area contributed by atoms with Gasteiger partial charge in [0, 0.05) is 17.1 Å². The lowest BCUT2D eigenvalue weighted by molar-refractivity contribution is -0.158.